The number of amides is 3. The van der Waals surface area contributed by atoms with Crippen LogP contribution in [-0.4, -0.2) is 111 Å². The Labute approximate surface area is 277 Å². The van der Waals surface area contributed by atoms with E-state index >= 15 is 0 Å². The van der Waals surface area contributed by atoms with Crippen molar-refractivity contribution in [2.45, 2.75) is 61.6 Å². The highest BCUT2D eigenvalue weighted by molar-refractivity contribution is 8.01. The van der Waals surface area contributed by atoms with Crippen LogP contribution in [0.3, 0.4) is 0 Å². The van der Waals surface area contributed by atoms with Gasteiger partial charge in [0.2, 0.25) is 17.6 Å². The van der Waals surface area contributed by atoms with Gasteiger partial charge in [0.15, 0.2) is 9.47 Å². The lowest BCUT2D eigenvalue weighted by molar-refractivity contribution is -0.150. The van der Waals surface area contributed by atoms with Crippen molar-refractivity contribution in [2.75, 3.05) is 23.8 Å². The number of aromatic nitrogens is 4. The summed E-state index contributed by atoms with van der Waals surface area (Å²) in [6.45, 7) is 6.79. The lowest BCUT2D eigenvalue weighted by Gasteiger charge is -2.49. The number of oxime groups is 1. The number of nitrogens with two attached hydrogens (primary N) is 1. The largest absolute Gasteiger partial charge is 0.478 e. The van der Waals surface area contributed by atoms with Gasteiger partial charge in [-0.1, -0.05) is 28.3 Å². The highest BCUT2D eigenvalue weighted by Gasteiger charge is 2.54. The Bertz CT molecular complexity index is 1590. The smallest absolute Gasteiger partial charge is 0.407 e. The predicted molar refractivity (Wildman–Crippen MR) is 167 cm³/mol. The molecule has 0 radical (unpaired) electrons. The molecule has 0 bridgehead atoms. The first-order valence-electron chi connectivity index (χ1n) is 13.3. The first kappa shape index (κ1) is 34.8. The second-order valence-corrected chi connectivity index (χ2v) is 14.7. The van der Waals surface area contributed by atoms with Crippen molar-refractivity contribution in [3.63, 3.8) is 0 Å². The van der Waals surface area contributed by atoms with Gasteiger partial charge in [0.1, 0.15) is 27.7 Å². The molecule has 2 aromatic heterocycles. The van der Waals surface area contributed by atoms with Gasteiger partial charge >= 0.3 is 18.0 Å². The maximum atomic E-state index is 13.1. The van der Waals surface area contributed by atoms with E-state index in [-0.39, 0.29) is 28.2 Å². The van der Waals surface area contributed by atoms with Crippen LogP contribution in [-0.2, 0) is 35.2 Å². The number of carboxylic acid groups (broad SMARTS) is 2. The van der Waals surface area contributed by atoms with E-state index in [1.807, 2.05) is 0 Å². The molecule has 0 spiro atoms. The van der Waals surface area contributed by atoms with Gasteiger partial charge in [-0.2, -0.15) is 9.36 Å². The molecule has 4 heterocycles. The zero-order valence-corrected chi connectivity index (χ0v) is 28.0. The van der Waals surface area contributed by atoms with Crippen LogP contribution in [0.15, 0.2) is 20.8 Å². The number of carbonyl (C=O) groups excluding carboxylic acids is 3. The molecule has 3 atom stereocenters. The summed E-state index contributed by atoms with van der Waals surface area (Å²) in [4.78, 5) is 71.3. The summed E-state index contributed by atoms with van der Waals surface area (Å²) >= 11 is 4.59. The van der Waals surface area contributed by atoms with Gasteiger partial charge < -0.3 is 36.2 Å². The molecule has 0 aliphatic carbocycles. The predicted octanol–water partition coefficient (Wildman–Crippen LogP) is 0.764. The summed E-state index contributed by atoms with van der Waals surface area (Å²) in [5.41, 5.74) is 4.80. The van der Waals surface area contributed by atoms with Crippen LogP contribution in [0.2, 0.25) is 0 Å². The highest BCUT2D eigenvalue weighted by Crippen LogP contribution is 2.41. The average Bonchev–Trinajstić information content (AvgIpc) is 3.61. The number of hydrogen-bond donors (Lipinski definition) is 5. The summed E-state index contributed by atoms with van der Waals surface area (Å²) in [7, 11) is 0. The molecule has 0 aromatic carbocycles. The monoisotopic (exact) mass is 715 g/mol. The number of hydrogen-bond acceptors (Lipinski definition) is 17. The minimum Gasteiger partial charge on any atom is -0.478 e. The van der Waals surface area contributed by atoms with Crippen LogP contribution in [0.4, 0.5) is 9.93 Å². The van der Waals surface area contributed by atoms with Crippen molar-refractivity contribution >= 4 is 87.1 Å². The molecule has 22 heteroatoms. The molecule has 2 aromatic rings. The molecule has 18 nitrogen and oxygen atoms in total. The van der Waals surface area contributed by atoms with E-state index in [9.17, 15) is 29.1 Å². The summed E-state index contributed by atoms with van der Waals surface area (Å²) in [5, 5.41) is 36.0. The van der Waals surface area contributed by atoms with E-state index in [1.54, 1.807) is 20.8 Å². The number of nitrogens with one attached hydrogen (secondary N) is 2. The standard InChI is InChI=1S/C24H29N9O9S4/c1-9(19(36)37)42-31-12(15-28-21(25)46-32-15)16(34)27-13-17(35)33-14(20(38)39)10(7-43-18(13)33)8-44-23-30-29-11(45-23)5-6-26-22(40)41-24(2,3)4/h9,13,18H,5-8H2,1-4H3,(H,26,40)(H,27,34)(H,36,37)(H,38,39)(H2,25,28,32)/t9?,13?,18-/m1/s1. The minimum absolute atomic E-state index is 0.0112. The molecular formula is C24H29N9O9S4. The van der Waals surface area contributed by atoms with E-state index in [2.05, 4.69) is 35.3 Å². The topological polar surface area (TPSA) is 262 Å². The Morgan fingerprint density at radius 2 is 1.98 bits per heavy atom. The van der Waals surface area contributed by atoms with Crippen molar-refractivity contribution in [1.82, 2.24) is 35.1 Å². The van der Waals surface area contributed by atoms with E-state index in [1.165, 1.54) is 41.8 Å². The number of ether oxygens (including phenoxy) is 1. The van der Waals surface area contributed by atoms with Gasteiger partial charge in [-0.15, -0.1) is 22.0 Å². The number of carbonyl (C=O) groups is 5. The lowest BCUT2D eigenvalue weighted by atomic mass is 10.0. The Balaban J connectivity index is 1.38. The third kappa shape index (κ3) is 8.61. The normalized spacial score (nSPS) is 18.7. The molecule has 0 saturated carbocycles. The van der Waals surface area contributed by atoms with Crippen LogP contribution in [0, 0.1) is 0 Å². The highest BCUT2D eigenvalue weighted by atomic mass is 32.2. The van der Waals surface area contributed by atoms with Gasteiger partial charge in [0.05, 0.1) is 0 Å². The Hall–Kier alpha value is -4.02. The fourth-order valence-electron chi connectivity index (χ4n) is 3.83. The van der Waals surface area contributed by atoms with E-state index in [0.717, 1.165) is 16.4 Å². The molecule has 3 amide bonds. The number of fused-ring (bicyclic) bond motifs is 1. The van der Waals surface area contributed by atoms with Crippen molar-refractivity contribution in [3.05, 3.63) is 22.1 Å². The number of nitrogens with zero attached hydrogens (tertiary/aromatic N) is 6. The molecule has 46 heavy (non-hydrogen) atoms. The third-order valence-corrected chi connectivity index (χ3v) is 9.96. The Morgan fingerprint density at radius 3 is 2.61 bits per heavy atom. The quantitative estimate of drug-likeness (QED) is 0.0830. The fourth-order valence-corrected chi connectivity index (χ4v) is 7.64. The number of anilines is 1. The SMILES string of the molecule is CC(ON=C(C(=O)NC1C(=O)N2C(C(=O)O)=C(CSc3nnc(CCNC(=O)OC(C)(C)C)s3)CS[C@H]12)c1nsc(N)n1)C(=O)O. The maximum Gasteiger partial charge on any atom is 0.407 e. The van der Waals surface area contributed by atoms with E-state index in [4.69, 9.17) is 20.4 Å². The molecule has 2 aliphatic rings. The molecule has 1 saturated heterocycles. The van der Waals surface area contributed by atoms with Crippen LogP contribution >= 0.6 is 46.4 Å². The summed E-state index contributed by atoms with van der Waals surface area (Å²) in [6.07, 6.45) is -1.51. The van der Waals surface area contributed by atoms with Crippen molar-refractivity contribution in [2.24, 2.45) is 5.16 Å². The maximum absolute atomic E-state index is 13.1. The van der Waals surface area contributed by atoms with Crippen LogP contribution in [0.1, 0.15) is 38.5 Å². The molecular weight excluding hydrogens is 687 g/mol. The molecule has 1 fully saturated rings. The third-order valence-electron chi connectivity index (χ3n) is 5.88. The minimum atomic E-state index is -1.40. The number of rotatable bonds is 13. The van der Waals surface area contributed by atoms with Crippen molar-refractivity contribution < 1.29 is 43.8 Å². The van der Waals surface area contributed by atoms with Crippen LogP contribution in [0.25, 0.3) is 0 Å². The number of β-lactam (4-membered cyclic amide) rings is 1. The first-order valence-corrected chi connectivity index (χ1v) is 17.0. The molecule has 248 valence electrons. The lowest BCUT2D eigenvalue weighted by Crippen LogP contribution is -2.71. The van der Waals surface area contributed by atoms with Gasteiger partial charge in [-0.3, -0.25) is 14.5 Å². The van der Waals surface area contributed by atoms with Crippen LogP contribution in [0.5, 0.6) is 0 Å². The van der Waals surface area contributed by atoms with Crippen LogP contribution < -0.4 is 16.4 Å². The average molecular weight is 716 g/mol. The van der Waals surface area contributed by atoms with Crippen molar-refractivity contribution in [3.8, 4) is 0 Å². The zero-order valence-electron chi connectivity index (χ0n) is 24.7. The van der Waals surface area contributed by atoms with Crippen molar-refractivity contribution in [1.29, 1.82) is 0 Å². The van der Waals surface area contributed by atoms with E-state index in [0.29, 0.717) is 27.9 Å². The molecule has 6 N–H and O–H groups in total. The number of nitrogen functional groups attached to an aromatic ring is 1. The zero-order chi connectivity index (χ0) is 33.8. The molecule has 4 rings (SSSR count). The van der Waals surface area contributed by atoms with E-state index < -0.39 is 58.7 Å². The molecule has 2 aliphatic heterocycles. The second-order valence-electron chi connectivity index (χ2n) is 10.5. The van der Waals surface area contributed by atoms with Gasteiger partial charge in [0.25, 0.3) is 11.8 Å². The number of alkyl carbamates (subject to hydrolysis) is 1. The summed E-state index contributed by atoms with van der Waals surface area (Å²) in [5.74, 6) is -3.99. The summed E-state index contributed by atoms with van der Waals surface area (Å²) in [6, 6.07) is -1.11. The fraction of sp³-hybridized carbons (Fsp3) is 0.500. The number of thioether (sulfide) groups is 2. The Kier molecular flexibility index (Phi) is 11.1. The molecule has 2 unspecified atom stereocenters. The summed E-state index contributed by atoms with van der Waals surface area (Å²) < 4.78 is 9.68. The second kappa shape index (κ2) is 14.6. The first-order chi connectivity index (χ1) is 21.6. The van der Waals surface area contributed by atoms with Gasteiger partial charge in [0, 0.05) is 36.0 Å². The number of carboxylic acids is 2. The number of aliphatic carboxylic acids is 2. The Morgan fingerprint density at radius 1 is 1.24 bits per heavy atom. The van der Waals surface area contributed by atoms with Gasteiger partial charge in [-0.25, -0.2) is 14.4 Å². The van der Waals surface area contributed by atoms with Gasteiger partial charge in [-0.05, 0) is 33.3 Å².